The van der Waals surface area contributed by atoms with Gasteiger partial charge < -0.3 is 16.0 Å². The Labute approximate surface area is 153 Å². The molecule has 2 aromatic carbocycles. The van der Waals surface area contributed by atoms with Gasteiger partial charge in [-0.15, -0.1) is 0 Å². The van der Waals surface area contributed by atoms with Crippen LogP contribution < -0.4 is 11.1 Å². The summed E-state index contributed by atoms with van der Waals surface area (Å²) < 4.78 is 0. The Hall–Kier alpha value is -3.26. The van der Waals surface area contributed by atoms with E-state index in [9.17, 15) is 4.79 Å². The number of likely N-dealkylation sites (tertiary alicyclic amines) is 1. The fourth-order valence-corrected chi connectivity index (χ4v) is 2.89. The zero-order chi connectivity index (χ0) is 18.4. The maximum absolute atomic E-state index is 12.3. The molecular formula is C21H22N4O. The minimum Gasteiger partial charge on any atom is -0.384 e. The van der Waals surface area contributed by atoms with Crippen molar-refractivity contribution in [1.29, 1.82) is 5.41 Å². The van der Waals surface area contributed by atoms with Crippen molar-refractivity contribution < 1.29 is 4.79 Å². The van der Waals surface area contributed by atoms with E-state index < -0.39 is 0 Å². The van der Waals surface area contributed by atoms with E-state index in [1.54, 1.807) is 6.07 Å². The zero-order valence-electron chi connectivity index (χ0n) is 14.6. The van der Waals surface area contributed by atoms with Gasteiger partial charge in [0.25, 0.3) is 5.91 Å². The average Bonchev–Trinajstić information content (AvgIpc) is 3.20. The second-order valence-corrected chi connectivity index (χ2v) is 6.23. The van der Waals surface area contributed by atoms with Crippen LogP contribution in [0.3, 0.4) is 0 Å². The van der Waals surface area contributed by atoms with Crippen LogP contribution in [0.15, 0.2) is 48.5 Å². The third-order valence-electron chi connectivity index (χ3n) is 4.31. The molecule has 1 amide bonds. The van der Waals surface area contributed by atoms with Crippen molar-refractivity contribution in [3.05, 3.63) is 65.2 Å². The van der Waals surface area contributed by atoms with Crippen LogP contribution in [-0.2, 0) is 0 Å². The molecule has 132 valence electrons. The number of amides is 1. The fraction of sp³-hybridized carbons (Fsp3) is 0.238. The molecule has 0 radical (unpaired) electrons. The highest BCUT2D eigenvalue weighted by Gasteiger charge is 2.18. The van der Waals surface area contributed by atoms with E-state index >= 15 is 0 Å². The first-order chi connectivity index (χ1) is 12.6. The summed E-state index contributed by atoms with van der Waals surface area (Å²) in [6, 6.07) is 14.8. The van der Waals surface area contributed by atoms with Gasteiger partial charge >= 0.3 is 0 Å². The first kappa shape index (κ1) is 17.6. The molecule has 0 bridgehead atoms. The van der Waals surface area contributed by atoms with Crippen LogP contribution in [0.1, 0.15) is 34.3 Å². The highest BCUT2D eigenvalue weighted by molar-refractivity contribution is 5.95. The average molecular weight is 346 g/mol. The van der Waals surface area contributed by atoms with Gasteiger partial charge in [-0.2, -0.15) is 0 Å². The summed E-state index contributed by atoms with van der Waals surface area (Å²) in [6.45, 7) is 2.20. The summed E-state index contributed by atoms with van der Waals surface area (Å²) in [6.07, 6.45) is 2.19. The van der Waals surface area contributed by atoms with Crippen LogP contribution in [0, 0.1) is 17.3 Å². The molecule has 0 aromatic heterocycles. The van der Waals surface area contributed by atoms with E-state index in [2.05, 4.69) is 17.2 Å². The number of nitrogen functional groups attached to an aromatic ring is 1. The number of nitrogens with two attached hydrogens (primary N) is 1. The Morgan fingerprint density at radius 1 is 1.12 bits per heavy atom. The molecule has 1 saturated heterocycles. The van der Waals surface area contributed by atoms with Crippen molar-refractivity contribution >= 4 is 17.4 Å². The van der Waals surface area contributed by atoms with Gasteiger partial charge in [0, 0.05) is 35.5 Å². The summed E-state index contributed by atoms with van der Waals surface area (Å²) in [5, 5.41) is 10.6. The molecule has 1 aliphatic heterocycles. The normalized spacial score (nSPS) is 13.0. The van der Waals surface area contributed by atoms with E-state index in [4.69, 9.17) is 11.1 Å². The fourth-order valence-electron chi connectivity index (χ4n) is 2.89. The molecule has 5 nitrogen and oxygen atoms in total. The van der Waals surface area contributed by atoms with Gasteiger partial charge in [0.15, 0.2) is 0 Å². The van der Waals surface area contributed by atoms with Gasteiger partial charge in [-0.3, -0.25) is 10.2 Å². The predicted molar refractivity (Wildman–Crippen MR) is 104 cm³/mol. The molecule has 1 fully saturated rings. The lowest BCUT2D eigenvalue weighted by molar-refractivity contribution is 0.0793. The number of amidine groups is 1. The van der Waals surface area contributed by atoms with Crippen molar-refractivity contribution in [2.75, 3.05) is 25.0 Å². The number of carbonyl (C=O) groups excluding carboxylic acids is 1. The molecule has 0 atom stereocenters. The van der Waals surface area contributed by atoms with Crippen molar-refractivity contribution in [3.8, 4) is 11.8 Å². The van der Waals surface area contributed by atoms with Crippen LogP contribution in [0.2, 0.25) is 0 Å². The lowest BCUT2D eigenvalue weighted by atomic mass is 10.1. The maximum atomic E-state index is 12.3. The van der Waals surface area contributed by atoms with E-state index in [0.717, 1.165) is 42.7 Å². The minimum absolute atomic E-state index is 0.0447. The van der Waals surface area contributed by atoms with Crippen LogP contribution in [0.5, 0.6) is 0 Å². The summed E-state index contributed by atoms with van der Waals surface area (Å²) in [7, 11) is 0. The van der Waals surface area contributed by atoms with Crippen LogP contribution in [0.25, 0.3) is 0 Å². The lowest BCUT2D eigenvalue weighted by Gasteiger charge is -2.14. The van der Waals surface area contributed by atoms with Crippen LogP contribution >= 0.6 is 0 Å². The molecule has 0 aliphatic carbocycles. The SMILES string of the molecule is N=C(N)c1cccc(NCC#Cc2ccc(C(=O)N3CCCC3)cc2)c1. The third kappa shape index (κ3) is 4.42. The molecule has 1 aliphatic rings. The molecule has 0 saturated carbocycles. The topological polar surface area (TPSA) is 82.2 Å². The Bertz CT molecular complexity index is 856. The third-order valence-corrected chi connectivity index (χ3v) is 4.31. The Balaban J connectivity index is 1.56. The Morgan fingerprint density at radius 3 is 2.54 bits per heavy atom. The minimum atomic E-state index is 0.0447. The molecule has 0 spiro atoms. The molecule has 3 rings (SSSR count). The first-order valence-corrected chi connectivity index (χ1v) is 8.70. The molecule has 4 N–H and O–H groups in total. The number of benzene rings is 2. The number of hydrogen-bond donors (Lipinski definition) is 3. The largest absolute Gasteiger partial charge is 0.384 e. The summed E-state index contributed by atoms with van der Waals surface area (Å²) in [5.41, 5.74) is 8.64. The second kappa shape index (κ2) is 8.21. The van der Waals surface area contributed by atoms with Gasteiger partial charge in [-0.1, -0.05) is 24.0 Å². The highest BCUT2D eigenvalue weighted by Crippen LogP contribution is 2.13. The molecule has 1 heterocycles. The van der Waals surface area contributed by atoms with Crippen molar-refractivity contribution in [1.82, 2.24) is 4.90 Å². The molecule has 0 unspecified atom stereocenters. The van der Waals surface area contributed by atoms with Gasteiger partial charge in [-0.05, 0) is 49.2 Å². The molecule has 26 heavy (non-hydrogen) atoms. The van der Waals surface area contributed by atoms with Gasteiger partial charge in [0.05, 0.1) is 6.54 Å². The Kier molecular flexibility index (Phi) is 5.55. The Morgan fingerprint density at radius 2 is 1.85 bits per heavy atom. The molecule has 5 heteroatoms. The zero-order valence-corrected chi connectivity index (χ0v) is 14.6. The van der Waals surface area contributed by atoms with E-state index in [1.807, 2.05) is 47.4 Å². The summed E-state index contributed by atoms with van der Waals surface area (Å²) >= 11 is 0. The van der Waals surface area contributed by atoms with Crippen molar-refractivity contribution in [3.63, 3.8) is 0 Å². The standard InChI is InChI=1S/C21H22N4O/c22-20(23)18-6-3-7-19(15-18)24-12-4-5-16-8-10-17(11-9-16)21(26)25-13-1-2-14-25/h3,6-11,15,24H,1-2,12-14H2,(H3,22,23). The number of anilines is 1. The smallest absolute Gasteiger partial charge is 0.253 e. The molecular weight excluding hydrogens is 324 g/mol. The van der Waals surface area contributed by atoms with Crippen molar-refractivity contribution in [2.24, 2.45) is 5.73 Å². The maximum Gasteiger partial charge on any atom is 0.253 e. The summed E-state index contributed by atoms with van der Waals surface area (Å²) in [5.74, 6) is 6.30. The van der Waals surface area contributed by atoms with E-state index in [1.165, 1.54) is 0 Å². The van der Waals surface area contributed by atoms with Gasteiger partial charge in [0.1, 0.15) is 5.84 Å². The monoisotopic (exact) mass is 346 g/mol. The van der Waals surface area contributed by atoms with Gasteiger partial charge in [-0.25, -0.2) is 0 Å². The van der Waals surface area contributed by atoms with E-state index in [-0.39, 0.29) is 11.7 Å². The van der Waals surface area contributed by atoms with E-state index in [0.29, 0.717) is 12.1 Å². The second-order valence-electron chi connectivity index (χ2n) is 6.23. The number of nitrogens with one attached hydrogen (secondary N) is 2. The predicted octanol–water partition coefficient (Wildman–Crippen LogP) is 2.67. The number of hydrogen-bond acceptors (Lipinski definition) is 3. The first-order valence-electron chi connectivity index (χ1n) is 8.70. The highest BCUT2D eigenvalue weighted by atomic mass is 16.2. The number of nitrogens with zero attached hydrogens (tertiary/aromatic N) is 1. The number of carbonyl (C=O) groups is 1. The van der Waals surface area contributed by atoms with Crippen LogP contribution in [0.4, 0.5) is 5.69 Å². The van der Waals surface area contributed by atoms with Crippen LogP contribution in [-0.4, -0.2) is 36.3 Å². The molecule has 2 aromatic rings. The quantitative estimate of drug-likeness (QED) is 0.452. The van der Waals surface area contributed by atoms with Gasteiger partial charge in [0.2, 0.25) is 0 Å². The van der Waals surface area contributed by atoms with Crippen molar-refractivity contribution in [2.45, 2.75) is 12.8 Å². The summed E-state index contributed by atoms with van der Waals surface area (Å²) in [4.78, 5) is 14.2. The number of rotatable bonds is 4. The lowest BCUT2D eigenvalue weighted by Crippen LogP contribution is -2.27.